The molecule has 10 heteroatoms. The van der Waals surface area contributed by atoms with Crippen LogP contribution in [-0.4, -0.2) is 44.3 Å². The molecule has 0 spiro atoms. The van der Waals surface area contributed by atoms with Gasteiger partial charge in [0.1, 0.15) is 29.9 Å². The number of carbonyl (C=O) groups excluding carboxylic acids is 1. The summed E-state index contributed by atoms with van der Waals surface area (Å²) in [5.41, 5.74) is -1.11. The van der Waals surface area contributed by atoms with E-state index < -0.39 is 17.2 Å². The van der Waals surface area contributed by atoms with Crippen molar-refractivity contribution in [2.24, 2.45) is 0 Å². The summed E-state index contributed by atoms with van der Waals surface area (Å²) in [5, 5.41) is 16.0. The van der Waals surface area contributed by atoms with Crippen molar-refractivity contribution in [3.8, 4) is 10.4 Å². The normalized spacial score (nSPS) is 13.0. The van der Waals surface area contributed by atoms with Crippen LogP contribution in [0.3, 0.4) is 0 Å². The van der Waals surface area contributed by atoms with E-state index in [1.165, 1.54) is 46.7 Å². The summed E-state index contributed by atoms with van der Waals surface area (Å²) in [6.45, 7) is -0.448. The van der Waals surface area contributed by atoms with E-state index >= 15 is 0 Å². The highest BCUT2D eigenvalue weighted by atomic mass is 35.5. The molecule has 2 aromatic carbocycles. The first-order valence-corrected chi connectivity index (χ1v) is 11.1. The molecule has 1 atom stereocenters. The Balaban J connectivity index is 1.59. The van der Waals surface area contributed by atoms with E-state index in [9.17, 15) is 18.7 Å². The van der Waals surface area contributed by atoms with E-state index in [1.807, 2.05) is 18.2 Å². The Bertz CT molecular complexity index is 1260. The molecular formula is C23H19ClF2N4O2S. The van der Waals surface area contributed by atoms with Crippen LogP contribution in [0.1, 0.15) is 15.2 Å². The zero-order valence-corrected chi connectivity index (χ0v) is 19.0. The summed E-state index contributed by atoms with van der Waals surface area (Å²) in [6, 6.07) is 13.7. The lowest BCUT2D eigenvalue weighted by Crippen LogP contribution is -2.45. The fraction of sp³-hybridized carbons (Fsp3) is 0.174. The van der Waals surface area contributed by atoms with Gasteiger partial charge in [-0.3, -0.25) is 4.79 Å². The zero-order chi connectivity index (χ0) is 23.6. The number of amides is 1. The predicted octanol–water partition coefficient (Wildman–Crippen LogP) is 4.60. The first kappa shape index (κ1) is 23.0. The Morgan fingerprint density at radius 1 is 1.18 bits per heavy atom. The van der Waals surface area contributed by atoms with Crippen molar-refractivity contribution in [3.63, 3.8) is 0 Å². The van der Waals surface area contributed by atoms with Crippen molar-refractivity contribution in [2.75, 3.05) is 13.6 Å². The van der Waals surface area contributed by atoms with Gasteiger partial charge < -0.3 is 10.0 Å². The van der Waals surface area contributed by atoms with Crippen molar-refractivity contribution >= 4 is 28.8 Å². The lowest BCUT2D eigenvalue weighted by atomic mass is 9.92. The van der Waals surface area contributed by atoms with Crippen LogP contribution >= 0.6 is 22.9 Å². The Labute approximate surface area is 197 Å². The van der Waals surface area contributed by atoms with E-state index in [-0.39, 0.29) is 24.6 Å². The van der Waals surface area contributed by atoms with Crippen LogP contribution in [0.15, 0.2) is 67.3 Å². The zero-order valence-electron chi connectivity index (χ0n) is 17.5. The molecule has 2 heterocycles. The van der Waals surface area contributed by atoms with Crippen LogP contribution < -0.4 is 0 Å². The van der Waals surface area contributed by atoms with Crippen molar-refractivity contribution in [1.29, 1.82) is 0 Å². The first-order valence-electron chi connectivity index (χ1n) is 9.87. The van der Waals surface area contributed by atoms with E-state index in [0.29, 0.717) is 16.0 Å². The molecule has 1 N–H and O–H groups in total. The Morgan fingerprint density at radius 3 is 2.61 bits per heavy atom. The number of likely N-dealkylation sites (N-methyl/N-ethyl adjacent to an activating group) is 1. The average molecular weight is 489 g/mol. The standard InChI is InChI=1S/C23H19ClF2N4O2S/c1-29(22(31)21-9-8-20(33-21)15-2-4-16(24)5-3-15)11-23(32,12-30-14-27-13-28-30)18-7-6-17(25)10-19(18)26/h2-10,13-14,32H,11-12H2,1H3. The molecule has 1 amide bonds. The quantitative estimate of drug-likeness (QED) is 0.413. The van der Waals surface area contributed by atoms with Gasteiger partial charge in [-0.05, 0) is 35.9 Å². The van der Waals surface area contributed by atoms with Gasteiger partial charge in [0.2, 0.25) is 0 Å². The minimum atomic E-state index is -1.88. The summed E-state index contributed by atoms with van der Waals surface area (Å²) >= 11 is 7.23. The maximum atomic E-state index is 14.6. The topological polar surface area (TPSA) is 71.2 Å². The average Bonchev–Trinajstić information content (AvgIpc) is 3.45. The summed E-state index contributed by atoms with van der Waals surface area (Å²) in [4.78, 5) is 19.6. The van der Waals surface area contributed by atoms with Crippen LogP contribution in [0.5, 0.6) is 0 Å². The maximum Gasteiger partial charge on any atom is 0.263 e. The number of aromatic nitrogens is 3. The highest BCUT2D eigenvalue weighted by molar-refractivity contribution is 7.17. The number of thiophene rings is 1. The first-order chi connectivity index (χ1) is 15.7. The molecule has 0 aliphatic carbocycles. The molecule has 33 heavy (non-hydrogen) atoms. The number of benzene rings is 2. The molecule has 0 aliphatic heterocycles. The van der Waals surface area contributed by atoms with Gasteiger partial charge in [0.25, 0.3) is 5.91 Å². The van der Waals surface area contributed by atoms with Gasteiger partial charge in [0, 0.05) is 28.6 Å². The Kier molecular flexibility index (Phi) is 6.55. The fourth-order valence-electron chi connectivity index (χ4n) is 3.54. The van der Waals surface area contributed by atoms with Gasteiger partial charge in [-0.15, -0.1) is 11.3 Å². The van der Waals surface area contributed by atoms with Gasteiger partial charge in [0.05, 0.1) is 18.0 Å². The number of halogens is 3. The highest BCUT2D eigenvalue weighted by Crippen LogP contribution is 2.31. The summed E-state index contributed by atoms with van der Waals surface area (Å²) in [5.74, 6) is -2.03. The number of nitrogens with zero attached hydrogens (tertiary/aromatic N) is 4. The molecule has 1 unspecified atom stereocenters. The van der Waals surface area contributed by atoms with Gasteiger partial charge in [-0.2, -0.15) is 5.10 Å². The minimum Gasteiger partial charge on any atom is -0.381 e. The maximum absolute atomic E-state index is 14.6. The largest absolute Gasteiger partial charge is 0.381 e. The van der Waals surface area contributed by atoms with Crippen molar-refractivity contribution < 1.29 is 18.7 Å². The number of hydrogen-bond acceptors (Lipinski definition) is 5. The van der Waals surface area contributed by atoms with Crippen molar-refractivity contribution in [2.45, 2.75) is 12.1 Å². The molecule has 2 aromatic heterocycles. The summed E-state index contributed by atoms with van der Waals surface area (Å²) in [7, 11) is 1.51. The molecule has 0 aliphatic rings. The molecular weight excluding hydrogens is 470 g/mol. The Hall–Kier alpha value is -3.14. The minimum absolute atomic E-state index is 0.146. The molecule has 0 saturated carbocycles. The van der Waals surface area contributed by atoms with Crippen LogP contribution in [0, 0.1) is 11.6 Å². The lowest BCUT2D eigenvalue weighted by molar-refractivity contribution is -0.0127. The van der Waals surface area contributed by atoms with Gasteiger partial charge >= 0.3 is 0 Å². The van der Waals surface area contributed by atoms with E-state index in [4.69, 9.17) is 11.6 Å². The second kappa shape index (κ2) is 9.38. The Morgan fingerprint density at radius 2 is 1.94 bits per heavy atom. The lowest BCUT2D eigenvalue weighted by Gasteiger charge is -2.33. The van der Waals surface area contributed by atoms with Gasteiger partial charge in [-0.1, -0.05) is 29.8 Å². The van der Waals surface area contributed by atoms with Crippen molar-refractivity contribution in [3.05, 3.63) is 94.3 Å². The number of hydrogen-bond donors (Lipinski definition) is 1. The van der Waals surface area contributed by atoms with E-state index in [2.05, 4.69) is 10.1 Å². The van der Waals surface area contributed by atoms with Crippen LogP contribution in [-0.2, 0) is 12.1 Å². The molecule has 0 saturated heterocycles. The van der Waals surface area contributed by atoms with Crippen LogP contribution in [0.2, 0.25) is 5.02 Å². The number of aliphatic hydroxyl groups is 1. The molecule has 4 aromatic rings. The van der Waals surface area contributed by atoms with E-state index in [1.54, 1.807) is 18.2 Å². The summed E-state index contributed by atoms with van der Waals surface area (Å²) in [6.07, 6.45) is 2.64. The third-order valence-corrected chi connectivity index (χ3v) is 6.49. The number of carbonyl (C=O) groups is 1. The molecule has 170 valence electrons. The van der Waals surface area contributed by atoms with Crippen LogP contribution in [0.25, 0.3) is 10.4 Å². The van der Waals surface area contributed by atoms with Crippen molar-refractivity contribution in [1.82, 2.24) is 19.7 Å². The molecule has 4 rings (SSSR count). The predicted molar refractivity (Wildman–Crippen MR) is 122 cm³/mol. The SMILES string of the molecule is CN(CC(O)(Cn1cncn1)c1ccc(F)cc1F)C(=O)c1ccc(-c2ccc(Cl)cc2)s1. The number of rotatable bonds is 7. The van der Waals surface area contributed by atoms with Crippen LogP contribution in [0.4, 0.5) is 8.78 Å². The third-order valence-electron chi connectivity index (χ3n) is 5.11. The van der Waals surface area contributed by atoms with E-state index in [0.717, 1.165) is 16.5 Å². The molecule has 0 radical (unpaired) electrons. The molecule has 0 bridgehead atoms. The van der Waals surface area contributed by atoms with Gasteiger partial charge in [0.15, 0.2) is 0 Å². The second-order valence-corrected chi connectivity index (χ2v) is 9.10. The summed E-state index contributed by atoms with van der Waals surface area (Å²) < 4.78 is 29.4. The third kappa shape index (κ3) is 5.11. The molecule has 6 nitrogen and oxygen atoms in total. The highest BCUT2D eigenvalue weighted by Gasteiger charge is 2.36. The fourth-order valence-corrected chi connectivity index (χ4v) is 4.68. The smallest absolute Gasteiger partial charge is 0.263 e. The monoisotopic (exact) mass is 488 g/mol. The van der Waals surface area contributed by atoms with Gasteiger partial charge in [-0.25, -0.2) is 18.4 Å². The molecule has 0 fully saturated rings. The second-order valence-electron chi connectivity index (χ2n) is 7.58.